The summed E-state index contributed by atoms with van der Waals surface area (Å²) >= 11 is 0. The Balaban J connectivity index is 1.34. The average Bonchev–Trinajstić information content (AvgIpc) is 3.39. The minimum Gasteiger partial charge on any atom is -0.311 e. The van der Waals surface area contributed by atoms with E-state index in [2.05, 4.69) is 197 Å². The first kappa shape index (κ1) is 29.6. The molecule has 0 atom stereocenters. The summed E-state index contributed by atoms with van der Waals surface area (Å²) in [5.41, 5.74) is 12.3. The highest BCUT2D eigenvalue weighted by atomic mass is 15.1. The van der Waals surface area contributed by atoms with Crippen LogP contribution in [0.15, 0.2) is 146 Å². The lowest BCUT2D eigenvalue weighted by molar-refractivity contribution is 0.590. The third kappa shape index (κ3) is 5.49. The Morgan fingerprint density at radius 1 is 0.413 bits per heavy atom. The molecular weight excluding hydrogens is 556 g/mol. The second kappa shape index (κ2) is 11.4. The number of hydrogen-bond acceptors (Lipinski definition) is 1. The van der Waals surface area contributed by atoms with Gasteiger partial charge in [0.05, 0.1) is 11.0 Å². The first-order valence-electron chi connectivity index (χ1n) is 16.3. The Hall–Kier alpha value is -5.08. The van der Waals surface area contributed by atoms with Gasteiger partial charge in [0, 0.05) is 33.5 Å². The van der Waals surface area contributed by atoms with Crippen LogP contribution in [0.1, 0.15) is 52.7 Å². The van der Waals surface area contributed by atoms with Crippen LogP contribution in [0.3, 0.4) is 0 Å². The highest BCUT2D eigenvalue weighted by molar-refractivity contribution is 6.10. The molecule has 2 nitrogen and oxygen atoms in total. The second-order valence-electron chi connectivity index (χ2n) is 14.4. The van der Waals surface area contributed by atoms with Gasteiger partial charge in [-0.3, -0.25) is 0 Å². The van der Waals surface area contributed by atoms with Crippen LogP contribution in [-0.4, -0.2) is 4.57 Å². The number of rotatable bonds is 5. The van der Waals surface area contributed by atoms with Crippen molar-refractivity contribution in [1.82, 2.24) is 4.57 Å². The topological polar surface area (TPSA) is 8.17 Å². The van der Waals surface area contributed by atoms with Gasteiger partial charge >= 0.3 is 0 Å². The summed E-state index contributed by atoms with van der Waals surface area (Å²) in [6.07, 6.45) is 0. The Morgan fingerprint density at radius 3 is 1.30 bits per heavy atom. The van der Waals surface area contributed by atoms with Gasteiger partial charge in [-0.05, 0) is 106 Å². The van der Waals surface area contributed by atoms with Gasteiger partial charge in [-0.2, -0.15) is 0 Å². The van der Waals surface area contributed by atoms with E-state index in [1.54, 1.807) is 0 Å². The van der Waals surface area contributed by atoms with Gasteiger partial charge in [-0.1, -0.05) is 114 Å². The molecule has 0 bridgehead atoms. The van der Waals surface area contributed by atoms with E-state index in [1.807, 2.05) is 0 Å². The Morgan fingerprint density at radius 2 is 0.826 bits per heavy atom. The Labute approximate surface area is 273 Å². The maximum Gasteiger partial charge on any atom is 0.0541 e. The van der Waals surface area contributed by atoms with Crippen molar-refractivity contribution in [2.45, 2.75) is 52.4 Å². The van der Waals surface area contributed by atoms with Crippen molar-refractivity contribution in [2.75, 3.05) is 4.90 Å². The average molecular weight is 599 g/mol. The molecule has 7 aromatic rings. The monoisotopic (exact) mass is 598 g/mol. The number of aromatic nitrogens is 1. The zero-order valence-electron chi connectivity index (χ0n) is 27.8. The standard InChI is InChI=1S/C44H42N2/c1-43(2,3)33-19-27-41-39(29-33)40-30-34(44(4,5)6)20-28-42(40)46(41)38-25-23-37(24-26-38)45(35-15-11-8-12-16-35)36-21-17-32(18-22-36)31-13-9-7-10-14-31/h7-30H,1-6H3. The van der Waals surface area contributed by atoms with Gasteiger partial charge in [0.15, 0.2) is 0 Å². The van der Waals surface area contributed by atoms with Crippen LogP contribution in [0.4, 0.5) is 17.1 Å². The van der Waals surface area contributed by atoms with E-state index >= 15 is 0 Å². The largest absolute Gasteiger partial charge is 0.311 e. The third-order valence-corrected chi connectivity index (χ3v) is 9.11. The van der Waals surface area contributed by atoms with Crippen LogP contribution in [-0.2, 0) is 10.8 Å². The Bertz CT molecular complexity index is 2050. The fourth-order valence-electron chi connectivity index (χ4n) is 6.44. The predicted molar refractivity (Wildman–Crippen MR) is 198 cm³/mol. The minimum atomic E-state index is 0.0755. The summed E-state index contributed by atoms with van der Waals surface area (Å²) in [7, 11) is 0. The zero-order chi connectivity index (χ0) is 32.1. The lowest BCUT2D eigenvalue weighted by Crippen LogP contribution is -2.10. The van der Waals surface area contributed by atoms with Crippen LogP contribution >= 0.6 is 0 Å². The molecule has 0 N–H and O–H groups in total. The van der Waals surface area contributed by atoms with Crippen molar-refractivity contribution < 1.29 is 0 Å². The first-order valence-corrected chi connectivity index (χ1v) is 16.3. The van der Waals surface area contributed by atoms with Crippen LogP contribution < -0.4 is 4.90 Å². The fourth-order valence-corrected chi connectivity index (χ4v) is 6.44. The quantitative estimate of drug-likeness (QED) is 0.191. The van der Waals surface area contributed by atoms with Crippen LogP contribution in [0.5, 0.6) is 0 Å². The highest BCUT2D eigenvalue weighted by Gasteiger charge is 2.21. The lowest BCUT2D eigenvalue weighted by Gasteiger charge is -2.26. The Kier molecular flexibility index (Phi) is 7.32. The summed E-state index contributed by atoms with van der Waals surface area (Å²) in [5, 5.41) is 2.61. The molecule has 228 valence electrons. The summed E-state index contributed by atoms with van der Waals surface area (Å²) in [6, 6.07) is 53.1. The fraction of sp³-hybridized carbons (Fsp3) is 0.182. The van der Waals surface area contributed by atoms with Crippen molar-refractivity contribution >= 4 is 38.9 Å². The van der Waals surface area contributed by atoms with E-state index in [-0.39, 0.29) is 10.8 Å². The molecule has 6 aromatic carbocycles. The molecule has 0 radical (unpaired) electrons. The highest BCUT2D eigenvalue weighted by Crippen LogP contribution is 2.39. The van der Waals surface area contributed by atoms with Gasteiger partial charge in [-0.15, -0.1) is 0 Å². The SMILES string of the molecule is CC(C)(C)c1ccc2c(c1)c1cc(C(C)(C)C)ccc1n2-c1ccc(N(c2ccccc2)c2ccc(-c3ccccc3)cc2)cc1. The number of para-hydroxylation sites is 1. The van der Waals surface area contributed by atoms with Crippen LogP contribution in [0, 0.1) is 0 Å². The van der Waals surface area contributed by atoms with Crippen molar-refractivity contribution in [2.24, 2.45) is 0 Å². The molecule has 0 saturated heterocycles. The molecule has 0 unspecified atom stereocenters. The number of nitrogens with zero attached hydrogens (tertiary/aromatic N) is 2. The number of fused-ring (bicyclic) bond motifs is 3. The first-order chi connectivity index (χ1) is 22.1. The van der Waals surface area contributed by atoms with Crippen LogP contribution in [0.25, 0.3) is 38.6 Å². The van der Waals surface area contributed by atoms with E-state index in [9.17, 15) is 0 Å². The van der Waals surface area contributed by atoms with Crippen molar-refractivity contribution in [1.29, 1.82) is 0 Å². The predicted octanol–water partition coefficient (Wildman–Crippen LogP) is 12.5. The van der Waals surface area contributed by atoms with Gasteiger partial charge in [-0.25, -0.2) is 0 Å². The summed E-state index contributed by atoms with van der Waals surface area (Å²) in [4.78, 5) is 2.33. The van der Waals surface area contributed by atoms with E-state index < -0.39 is 0 Å². The molecule has 7 rings (SSSR count). The van der Waals surface area contributed by atoms with Gasteiger partial charge in [0.25, 0.3) is 0 Å². The molecule has 0 spiro atoms. The van der Waals surface area contributed by atoms with E-state index in [0.717, 1.165) is 22.7 Å². The normalized spacial score (nSPS) is 12.1. The third-order valence-electron chi connectivity index (χ3n) is 9.11. The molecule has 1 aromatic heterocycles. The summed E-state index contributed by atoms with van der Waals surface area (Å²) < 4.78 is 2.43. The van der Waals surface area contributed by atoms with Gasteiger partial charge in [0.1, 0.15) is 0 Å². The van der Waals surface area contributed by atoms with Crippen molar-refractivity contribution in [3.63, 3.8) is 0 Å². The molecule has 0 amide bonds. The van der Waals surface area contributed by atoms with Crippen molar-refractivity contribution in [3.05, 3.63) is 157 Å². The van der Waals surface area contributed by atoms with Gasteiger partial charge in [0.2, 0.25) is 0 Å². The molecule has 1 heterocycles. The second-order valence-corrected chi connectivity index (χ2v) is 14.4. The lowest BCUT2D eigenvalue weighted by atomic mass is 9.85. The molecule has 0 aliphatic carbocycles. The zero-order valence-corrected chi connectivity index (χ0v) is 27.8. The maximum absolute atomic E-state index is 2.43. The number of anilines is 3. The van der Waals surface area contributed by atoms with Gasteiger partial charge < -0.3 is 9.47 Å². The number of hydrogen-bond donors (Lipinski definition) is 0. The van der Waals surface area contributed by atoms with E-state index in [4.69, 9.17) is 0 Å². The maximum atomic E-state index is 2.43. The summed E-state index contributed by atoms with van der Waals surface area (Å²) in [5.74, 6) is 0. The molecule has 0 aliphatic rings. The minimum absolute atomic E-state index is 0.0755. The molecular formula is C44H42N2. The molecule has 2 heteroatoms. The van der Waals surface area contributed by atoms with Crippen molar-refractivity contribution in [3.8, 4) is 16.8 Å². The van der Waals surface area contributed by atoms with E-state index in [0.29, 0.717) is 0 Å². The van der Waals surface area contributed by atoms with E-state index in [1.165, 1.54) is 44.1 Å². The summed E-state index contributed by atoms with van der Waals surface area (Å²) in [6.45, 7) is 13.8. The molecule has 0 aliphatic heterocycles. The smallest absolute Gasteiger partial charge is 0.0541 e. The van der Waals surface area contributed by atoms with Crippen LogP contribution in [0.2, 0.25) is 0 Å². The molecule has 46 heavy (non-hydrogen) atoms. The number of benzene rings is 6. The molecule has 0 saturated carbocycles. The molecule has 0 fully saturated rings.